The summed E-state index contributed by atoms with van der Waals surface area (Å²) in [6.45, 7) is 0. The second kappa shape index (κ2) is 6.49. The largest absolute Gasteiger partial charge is 0.416 e. The number of amides is 2. The third-order valence-electron chi connectivity index (χ3n) is 3.47. The zero-order chi connectivity index (χ0) is 19.8. The maximum Gasteiger partial charge on any atom is 0.416 e. The summed E-state index contributed by atoms with van der Waals surface area (Å²) in [7, 11) is 0. The number of aromatic amines is 1. The smallest absolute Gasteiger partial charge is 0.324 e. The van der Waals surface area contributed by atoms with Crippen molar-refractivity contribution in [3.63, 3.8) is 0 Å². The molecule has 2 amide bonds. The van der Waals surface area contributed by atoms with E-state index in [1.165, 1.54) is 0 Å². The number of halogens is 6. The molecule has 11 heteroatoms. The topological polar surface area (TPSA) is 69.8 Å². The summed E-state index contributed by atoms with van der Waals surface area (Å²) in [5.74, 6) is -0.0169. The molecule has 0 spiro atoms. The summed E-state index contributed by atoms with van der Waals surface area (Å²) >= 11 is 0. The van der Waals surface area contributed by atoms with Gasteiger partial charge in [0.15, 0.2) is 0 Å². The average molecular weight is 388 g/mol. The van der Waals surface area contributed by atoms with Crippen LogP contribution >= 0.6 is 0 Å². The number of benzene rings is 2. The molecule has 1 heterocycles. The van der Waals surface area contributed by atoms with Crippen LogP contribution in [0.3, 0.4) is 0 Å². The van der Waals surface area contributed by atoms with E-state index in [0.717, 1.165) is 0 Å². The first kappa shape index (κ1) is 18.5. The fourth-order valence-electron chi connectivity index (χ4n) is 2.31. The van der Waals surface area contributed by atoms with E-state index in [0.29, 0.717) is 23.2 Å². The Morgan fingerprint density at radius 3 is 2.04 bits per heavy atom. The summed E-state index contributed by atoms with van der Waals surface area (Å²) in [5.41, 5.74) is -2.61. The Balaban J connectivity index is 1.84. The van der Waals surface area contributed by atoms with Gasteiger partial charge in [-0.1, -0.05) is 12.1 Å². The first-order chi connectivity index (χ1) is 12.5. The summed E-state index contributed by atoms with van der Waals surface area (Å²) in [5, 5.41) is 4.17. The van der Waals surface area contributed by atoms with Gasteiger partial charge in [-0.2, -0.15) is 26.3 Å². The van der Waals surface area contributed by atoms with E-state index in [4.69, 9.17) is 0 Å². The Morgan fingerprint density at radius 2 is 1.48 bits per heavy atom. The van der Waals surface area contributed by atoms with E-state index >= 15 is 0 Å². The zero-order valence-corrected chi connectivity index (χ0v) is 13.2. The fraction of sp³-hybridized carbons (Fsp3) is 0.125. The molecular formula is C16H10F6N4O. The van der Waals surface area contributed by atoms with Crippen molar-refractivity contribution in [2.24, 2.45) is 0 Å². The van der Waals surface area contributed by atoms with Gasteiger partial charge in [-0.3, -0.25) is 5.32 Å². The minimum absolute atomic E-state index is 0.0169. The molecule has 0 atom stereocenters. The number of H-pyrrole nitrogens is 1. The monoisotopic (exact) mass is 388 g/mol. The Bertz CT molecular complexity index is 927. The minimum atomic E-state index is -5.01. The van der Waals surface area contributed by atoms with Gasteiger partial charge in [-0.15, -0.1) is 0 Å². The summed E-state index contributed by atoms with van der Waals surface area (Å²) in [6, 6.07) is 6.48. The van der Waals surface area contributed by atoms with Crippen LogP contribution in [-0.2, 0) is 12.4 Å². The highest BCUT2D eigenvalue weighted by Crippen LogP contribution is 2.37. The number of fused-ring (bicyclic) bond motifs is 1. The molecule has 0 saturated carbocycles. The van der Waals surface area contributed by atoms with Gasteiger partial charge in [0, 0.05) is 5.69 Å². The number of nitrogens with one attached hydrogen (secondary N) is 3. The minimum Gasteiger partial charge on any atom is -0.324 e. The Hall–Kier alpha value is -3.24. The van der Waals surface area contributed by atoms with Gasteiger partial charge in [-0.25, -0.2) is 9.78 Å². The van der Waals surface area contributed by atoms with Gasteiger partial charge in [0.2, 0.25) is 5.95 Å². The van der Waals surface area contributed by atoms with Gasteiger partial charge < -0.3 is 10.3 Å². The highest BCUT2D eigenvalue weighted by atomic mass is 19.4. The number of hydrogen-bond donors (Lipinski definition) is 3. The molecule has 3 aromatic rings. The van der Waals surface area contributed by atoms with Crippen molar-refractivity contribution in [1.29, 1.82) is 0 Å². The molecule has 0 aliphatic rings. The van der Waals surface area contributed by atoms with Crippen molar-refractivity contribution in [3.8, 4) is 0 Å². The zero-order valence-electron chi connectivity index (χ0n) is 13.2. The second-order valence-electron chi connectivity index (χ2n) is 5.48. The molecule has 5 nitrogen and oxygen atoms in total. The van der Waals surface area contributed by atoms with E-state index in [2.05, 4.69) is 15.3 Å². The Labute approximate surface area is 147 Å². The number of nitrogens with zero attached hydrogens (tertiary/aromatic N) is 1. The molecule has 0 bridgehead atoms. The normalized spacial score (nSPS) is 12.2. The maximum absolute atomic E-state index is 12.8. The molecule has 3 N–H and O–H groups in total. The lowest BCUT2D eigenvalue weighted by Gasteiger charge is -2.14. The third-order valence-corrected chi connectivity index (χ3v) is 3.47. The van der Waals surface area contributed by atoms with E-state index in [1.807, 2.05) is 5.32 Å². The molecule has 0 unspecified atom stereocenters. The maximum atomic E-state index is 12.8. The molecule has 0 fully saturated rings. The molecule has 0 aliphatic heterocycles. The lowest BCUT2D eigenvalue weighted by Crippen LogP contribution is -2.21. The molecule has 1 aromatic heterocycles. The molecular weight excluding hydrogens is 378 g/mol. The molecule has 0 radical (unpaired) electrons. The highest BCUT2D eigenvalue weighted by Gasteiger charge is 2.37. The summed E-state index contributed by atoms with van der Waals surface area (Å²) in [4.78, 5) is 18.7. The number of para-hydroxylation sites is 2. The molecule has 2 aromatic carbocycles. The highest BCUT2D eigenvalue weighted by molar-refractivity contribution is 5.99. The number of rotatable bonds is 2. The van der Waals surface area contributed by atoms with Crippen LogP contribution < -0.4 is 10.6 Å². The number of imidazole rings is 1. The van der Waals surface area contributed by atoms with Crippen molar-refractivity contribution in [1.82, 2.24) is 9.97 Å². The number of urea groups is 1. The number of alkyl halides is 6. The van der Waals surface area contributed by atoms with Crippen molar-refractivity contribution in [3.05, 3.63) is 53.6 Å². The molecule has 142 valence electrons. The quantitative estimate of drug-likeness (QED) is 0.525. The lowest BCUT2D eigenvalue weighted by atomic mass is 10.1. The van der Waals surface area contributed by atoms with Crippen molar-refractivity contribution in [2.75, 3.05) is 10.6 Å². The summed E-state index contributed by atoms with van der Waals surface area (Å²) < 4.78 is 77.0. The third kappa shape index (κ3) is 4.30. The van der Waals surface area contributed by atoms with Crippen LogP contribution in [0.1, 0.15) is 11.1 Å². The molecule has 27 heavy (non-hydrogen) atoms. The predicted octanol–water partition coefficient (Wildman–Crippen LogP) is 5.24. The number of carbonyl (C=O) groups is 1. The molecule has 3 rings (SSSR count). The second-order valence-corrected chi connectivity index (χ2v) is 5.48. The van der Waals surface area contributed by atoms with Crippen LogP contribution in [0.25, 0.3) is 11.0 Å². The first-order valence-corrected chi connectivity index (χ1v) is 7.34. The van der Waals surface area contributed by atoms with E-state index in [9.17, 15) is 31.1 Å². The SMILES string of the molecule is O=C(Nc1cc(C(F)(F)F)cc(C(F)(F)F)c1)Nc1nc2ccccc2[nH]1. The summed E-state index contributed by atoms with van der Waals surface area (Å²) in [6.07, 6.45) is -10.0. The van der Waals surface area contributed by atoms with E-state index < -0.39 is 35.2 Å². The van der Waals surface area contributed by atoms with Crippen molar-refractivity contribution < 1.29 is 31.1 Å². The van der Waals surface area contributed by atoms with Crippen LogP contribution in [-0.4, -0.2) is 16.0 Å². The molecule has 0 aliphatic carbocycles. The Kier molecular flexibility index (Phi) is 4.46. The predicted molar refractivity (Wildman–Crippen MR) is 85.2 cm³/mol. The van der Waals surface area contributed by atoms with Gasteiger partial charge in [0.05, 0.1) is 22.2 Å². The fourth-order valence-corrected chi connectivity index (χ4v) is 2.31. The van der Waals surface area contributed by atoms with Crippen LogP contribution in [0.4, 0.5) is 42.8 Å². The van der Waals surface area contributed by atoms with Crippen LogP contribution in [0.15, 0.2) is 42.5 Å². The number of hydrogen-bond acceptors (Lipinski definition) is 2. The van der Waals surface area contributed by atoms with Gasteiger partial charge in [-0.05, 0) is 30.3 Å². The van der Waals surface area contributed by atoms with E-state index in [-0.39, 0.29) is 12.0 Å². The Morgan fingerprint density at radius 1 is 0.889 bits per heavy atom. The first-order valence-electron chi connectivity index (χ1n) is 7.34. The van der Waals surface area contributed by atoms with Gasteiger partial charge in [0.1, 0.15) is 0 Å². The van der Waals surface area contributed by atoms with Crippen LogP contribution in [0.2, 0.25) is 0 Å². The van der Waals surface area contributed by atoms with Crippen LogP contribution in [0, 0.1) is 0 Å². The average Bonchev–Trinajstić information content (AvgIpc) is 2.94. The van der Waals surface area contributed by atoms with Crippen molar-refractivity contribution in [2.45, 2.75) is 12.4 Å². The standard InChI is InChI=1S/C16H10F6N4O/c17-15(18,19)8-5-9(16(20,21)22)7-10(6-8)23-14(27)26-13-24-11-3-1-2-4-12(11)25-13/h1-7H,(H3,23,24,25,26,27). The van der Waals surface area contributed by atoms with E-state index in [1.54, 1.807) is 24.3 Å². The van der Waals surface area contributed by atoms with Gasteiger partial charge >= 0.3 is 18.4 Å². The van der Waals surface area contributed by atoms with Gasteiger partial charge in [0.25, 0.3) is 0 Å². The lowest BCUT2D eigenvalue weighted by molar-refractivity contribution is -0.143. The van der Waals surface area contributed by atoms with Crippen molar-refractivity contribution >= 4 is 28.7 Å². The molecule has 0 saturated heterocycles. The number of carbonyl (C=O) groups excluding carboxylic acids is 1. The van der Waals surface area contributed by atoms with Crippen LogP contribution in [0.5, 0.6) is 0 Å². The number of aromatic nitrogens is 2. The number of anilines is 2.